The number of nitro benzene ring substituents is 1. The highest BCUT2D eigenvalue weighted by atomic mass is 35.5. The van der Waals surface area contributed by atoms with Crippen LogP contribution in [0.5, 0.6) is 0 Å². The third-order valence-electron chi connectivity index (χ3n) is 2.13. The second kappa shape index (κ2) is 6.01. The van der Waals surface area contributed by atoms with Gasteiger partial charge in [0.05, 0.1) is 10.7 Å². The van der Waals surface area contributed by atoms with E-state index in [1.54, 1.807) is 6.92 Å². The summed E-state index contributed by atoms with van der Waals surface area (Å²) in [6.07, 6.45) is 0. The van der Waals surface area contributed by atoms with Crippen molar-refractivity contribution in [2.24, 2.45) is 5.92 Å². The molecule has 6 nitrogen and oxygen atoms in total. The van der Waals surface area contributed by atoms with Crippen LogP contribution in [0.4, 0.5) is 11.4 Å². The fraction of sp³-hybridized carbons (Fsp3) is 0.400. The molecule has 0 radical (unpaired) electrons. The van der Waals surface area contributed by atoms with E-state index in [2.05, 4.69) is 4.72 Å². The van der Waals surface area contributed by atoms with E-state index < -0.39 is 14.9 Å². The SMILES string of the molecule is CC(CCl)CS(=O)(=O)Nc1ccccc1[N+](=O)[O-]. The van der Waals surface area contributed by atoms with Crippen molar-refractivity contribution in [3.63, 3.8) is 0 Å². The number of hydrogen-bond acceptors (Lipinski definition) is 4. The van der Waals surface area contributed by atoms with Crippen LogP contribution in [-0.4, -0.2) is 25.0 Å². The Morgan fingerprint density at radius 3 is 2.61 bits per heavy atom. The number of para-hydroxylation sites is 2. The van der Waals surface area contributed by atoms with Gasteiger partial charge in [-0.05, 0) is 12.0 Å². The number of hydrogen-bond donors (Lipinski definition) is 1. The summed E-state index contributed by atoms with van der Waals surface area (Å²) >= 11 is 5.54. The van der Waals surface area contributed by atoms with Gasteiger partial charge in [-0.1, -0.05) is 19.1 Å². The lowest BCUT2D eigenvalue weighted by molar-refractivity contribution is -0.383. The molecule has 0 saturated carbocycles. The largest absolute Gasteiger partial charge is 0.293 e. The van der Waals surface area contributed by atoms with Gasteiger partial charge in [0.1, 0.15) is 5.69 Å². The van der Waals surface area contributed by atoms with Crippen LogP contribution in [0, 0.1) is 16.0 Å². The number of sulfonamides is 1. The van der Waals surface area contributed by atoms with E-state index in [0.717, 1.165) is 0 Å². The molecule has 0 fully saturated rings. The smallest absolute Gasteiger partial charge is 0.277 e. The quantitative estimate of drug-likeness (QED) is 0.494. The minimum absolute atomic E-state index is 0.0377. The lowest BCUT2D eigenvalue weighted by Gasteiger charge is -2.11. The third kappa shape index (κ3) is 4.15. The molecule has 0 saturated heterocycles. The molecule has 0 aliphatic heterocycles. The molecule has 0 spiro atoms. The predicted molar refractivity (Wildman–Crippen MR) is 70.4 cm³/mol. The first kappa shape index (κ1) is 14.7. The minimum Gasteiger partial charge on any atom is -0.277 e. The van der Waals surface area contributed by atoms with E-state index in [4.69, 9.17) is 11.6 Å². The highest BCUT2D eigenvalue weighted by Gasteiger charge is 2.20. The maximum Gasteiger partial charge on any atom is 0.293 e. The minimum atomic E-state index is -3.64. The molecule has 1 aromatic rings. The Morgan fingerprint density at radius 2 is 2.06 bits per heavy atom. The number of rotatable bonds is 6. The van der Waals surface area contributed by atoms with Crippen LogP contribution in [-0.2, 0) is 10.0 Å². The van der Waals surface area contributed by atoms with Gasteiger partial charge in [-0.15, -0.1) is 11.6 Å². The third-order valence-corrected chi connectivity index (χ3v) is 4.20. The average molecular weight is 293 g/mol. The molecule has 1 rings (SSSR count). The molecular formula is C10H13ClN2O4S. The summed E-state index contributed by atoms with van der Waals surface area (Å²) in [5.41, 5.74) is -0.316. The zero-order valence-corrected chi connectivity index (χ0v) is 11.2. The second-order valence-electron chi connectivity index (χ2n) is 3.92. The van der Waals surface area contributed by atoms with E-state index >= 15 is 0 Å². The normalized spacial score (nSPS) is 13.0. The molecule has 18 heavy (non-hydrogen) atoms. The van der Waals surface area contributed by atoms with E-state index in [9.17, 15) is 18.5 Å². The van der Waals surface area contributed by atoms with Gasteiger partial charge < -0.3 is 0 Å². The van der Waals surface area contributed by atoms with Crippen LogP contribution < -0.4 is 4.72 Å². The molecule has 1 atom stereocenters. The molecule has 0 aliphatic carbocycles. The van der Waals surface area contributed by atoms with Crippen LogP contribution in [0.25, 0.3) is 0 Å². The summed E-state index contributed by atoms with van der Waals surface area (Å²) in [5.74, 6) is -0.202. The first-order valence-corrected chi connectivity index (χ1v) is 7.34. The molecule has 0 aromatic heterocycles. The maximum absolute atomic E-state index is 11.8. The summed E-state index contributed by atoms with van der Waals surface area (Å²) in [6.45, 7) is 1.69. The van der Waals surface area contributed by atoms with Crippen molar-refractivity contribution >= 4 is 33.0 Å². The van der Waals surface area contributed by atoms with Crippen LogP contribution in [0.2, 0.25) is 0 Å². The fourth-order valence-electron chi connectivity index (χ4n) is 1.35. The Bertz CT molecular complexity index is 532. The van der Waals surface area contributed by atoms with Crippen molar-refractivity contribution in [2.45, 2.75) is 6.92 Å². The first-order valence-electron chi connectivity index (χ1n) is 5.15. The zero-order chi connectivity index (χ0) is 13.8. The van der Waals surface area contributed by atoms with Gasteiger partial charge in [0.25, 0.3) is 5.69 Å². The summed E-state index contributed by atoms with van der Waals surface area (Å²) in [6, 6.07) is 5.58. The second-order valence-corrected chi connectivity index (χ2v) is 5.99. The number of nitrogens with zero attached hydrogens (tertiary/aromatic N) is 1. The highest BCUT2D eigenvalue weighted by molar-refractivity contribution is 7.92. The van der Waals surface area contributed by atoms with Crippen LogP contribution >= 0.6 is 11.6 Å². The van der Waals surface area contributed by atoms with Gasteiger partial charge in [0.15, 0.2) is 0 Å². The van der Waals surface area contributed by atoms with Gasteiger partial charge in [-0.2, -0.15) is 0 Å². The predicted octanol–water partition coefficient (Wildman–Crippen LogP) is 2.21. The number of halogens is 1. The van der Waals surface area contributed by atoms with Crippen LogP contribution in [0.15, 0.2) is 24.3 Å². The highest BCUT2D eigenvalue weighted by Crippen LogP contribution is 2.24. The van der Waals surface area contributed by atoms with Crippen LogP contribution in [0.3, 0.4) is 0 Å². The Labute approximate surface area is 110 Å². The van der Waals surface area contributed by atoms with Gasteiger partial charge in [0, 0.05) is 11.9 Å². The van der Waals surface area contributed by atoms with Crippen molar-refractivity contribution in [1.29, 1.82) is 0 Å². The summed E-state index contributed by atoms with van der Waals surface area (Å²) in [5, 5.41) is 10.7. The first-order chi connectivity index (χ1) is 8.35. The molecule has 1 aromatic carbocycles. The molecule has 100 valence electrons. The van der Waals surface area contributed by atoms with E-state index in [1.165, 1.54) is 24.3 Å². The van der Waals surface area contributed by atoms with E-state index in [-0.39, 0.29) is 28.9 Å². The Morgan fingerprint density at radius 1 is 1.44 bits per heavy atom. The molecule has 0 aliphatic rings. The Kier molecular flexibility index (Phi) is 4.92. The number of anilines is 1. The molecule has 1 unspecified atom stereocenters. The number of nitro groups is 1. The molecule has 0 bridgehead atoms. The molecule has 0 heterocycles. The summed E-state index contributed by atoms with van der Waals surface area (Å²) < 4.78 is 25.7. The number of nitrogens with one attached hydrogen (secondary N) is 1. The lowest BCUT2D eigenvalue weighted by Crippen LogP contribution is -2.22. The Hall–Kier alpha value is -1.34. The molecule has 0 amide bonds. The van der Waals surface area contributed by atoms with E-state index in [1.807, 2.05) is 0 Å². The summed E-state index contributed by atoms with van der Waals surface area (Å²) in [4.78, 5) is 10.1. The van der Waals surface area contributed by atoms with Gasteiger partial charge in [0.2, 0.25) is 10.0 Å². The molecular weight excluding hydrogens is 280 g/mol. The fourth-order valence-corrected chi connectivity index (χ4v) is 3.04. The Balaban J connectivity index is 2.94. The van der Waals surface area contributed by atoms with Crippen molar-refractivity contribution in [1.82, 2.24) is 0 Å². The van der Waals surface area contributed by atoms with Crippen molar-refractivity contribution in [2.75, 3.05) is 16.4 Å². The lowest BCUT2D eigenvalue weighted by atomic mass is 10.3. The van der Waals surface area contributed by atoms with Gasteiger partial charge >= 0.3 is 0 Å². The molecule has 8 heteroatoms. The molecule has 1 N–H and O–H groups in total. The van der Waals surface area contributed by atoms with E-state index in [0.29, 0.717) is 0 Å². The standard InChI is InChI=1S/C10H13ClN2O4S/c1-8(6-11)7-18(16,17)12-9-4-2-3-5-10(9)13(14)15/h2-5,8,12H,6-7H2,1H3. The number of alkyl halides is 1. The topological polar surface area (TPSA) is 89.3 Å². The maximum atomic E-state index is 11.8. The average Bonchev–Trinajstić information content (AvgIpc) is 2.28. The van der Waals surface area contributed by atoms with Crippen molar-refractivity contribution in [3.8, 4) is 0 Å². The monoisotopic (exact) mass is 292 g/mol. The number of benzene rings is 1. The van der Waals surface area contributed by atoms with Crippen LogP contribution in [0.1, 0.15) is 6.92 Å². The van der Waals surface area contributed by atoms with Gasteiger partial charge in [-0.25, -0.2) is 8.42 Å². The summed E-state index contributed by atoms with van der Waals surface area (Å²) in [7, 11) is -3.64. The van der Waals surface area contributed by atoms with Crippen molar-refractivity contribution in [3.05, 3.63) is 34.4 Å². The van der Waals surface area contributed by atoms with Crippen molar-refractivity contribution < 1.29 is 13.3 Å². The zero-order valence-electron chi connectivity index (χ0n) is 9.67. The van der Waals surface area contributed by atoms with Gasteiger partial charge in [-0.3, -0.25) is 14.8 Å².